The summed E-state index contributed by atoms with van der Waals surface area (Å²) < 4.78 is 5.24. The molecule has 5 nitrogen and oxygen atoms in total. The fourth-order valence-corrected chi connectivity index (χ4v) is 2.60. The van der Waals surface area contributed by atoms with E-state index >= 15 is 0 Å². The molecule has 0 saturated carbocycles. The van der Waals surface area contributed by atoms with Crippen LogP contribution < -0.4 is 0 Å². The Bertz CT molecular complexity index is 926. The van der Waals surface area contributed by atoms with Crippen molar-refractivity contribution >= 4 is 22.7 Å². The van der Waals surface area contributed by atoms with Gasteiger partial charge in [0.1, 0.15) is 11.3 Å². The number of rotatable bonds is 4. The summed E-state index contributed by atoms with van der Waals surface area (Å²) in [5.41, 5.74) is 1.93. The molecule has 2 aromatic carbocycles. The number of hydrogen-bond acceptors (Lipinski definition) is 4. The van der Waals surface area contributed by atoms with Gasteiger partial charge in [-0.3, -0.25) is 4.79 Å². The average Bonchev–Trinajstić information content (AvgIpc) is 3.00. The number of aromatic nitrogens is 1. The third-order valence-electron chi connectivity index (χ3n) is 3.97. The van der Waals surface area contributed by atoms with Crippen LogP contribution in [0.5, 0.6) is 5.75 Å². The van der Waals surface area contributed by atoms with Crippen LogP contribution in [-0.4, -0.2) is 27.9 Å². The lowest BCUT2D eigenvalue weighted by atomic mass is 10.1. The Labute approximate surface area is 138 Å². The number of aromatic amines is 1. The average molecular weight is 323 g/mol. The molecule has 2 N–H and O–H groups in total. The van der Waals surface area contributed by atoms with Crippen LogP contribution >= 0.6 is 0 Å². The molecule has 0 aliphatic rings. The van der Waals surface area contributed by atoms with Crippen LogP contribution in [0.3, 0.4) is 0 Å². The predicted octanol–water partition coefficient (Wildman–Crippen LogP) is 3.61. The summed E-state index contributed by atoms with van der Waals surface area (Å²) in [6.07, 6.45) is 0.651. The molecule has 0 spiro atoms. The SMILES string of the molecule is Cc1cccc(C(=O)O[C@@H](C)C(=O)c2c[nH]c3ccccc23)c1O. The molecule has 0 unspecified atom stereocenters. The van der Waals surface area contributed by atoms with Gasteiger partial charge in [0, 0.05) is 22.7 Å². The van der Waals surface area contributed by atoms with Crippen molar-refractivity contribution < 1.29 is 19.4 Å². The van der Waals surface area contributed by atoms with Gasteiger partial charge >= 0.3 is 5.97 Å². The summed E-state index contributed by atoms with van der Waals surface area (Å²) in [5.74, 6) is -1.15. The summed E-state index contributed by atoms with van der Waals surface area (Å²) in [7, 11) is 0. The monoisotopic (exact) mass is 323 g/mol. The van der Waals surface area contributed by atoms with Crippen molar-refractivity contribution in [2.45, 2.75) is 20.0 Å². The van der Waals surface area contributed by atoms with Crippen LogP contribution in [0, 0.1) is 6.92 Å². The minimum Gasteiger partial charge on any atom is -0.507 e. The van der Waals surface area contributed by atoms with E-state index in [0.29, 0.717) is 11.1 Å². The van der Waals surface area contributed by atoms with Crippen LogP contribution in [0.1, 0.15) is 33.2 Å². The van der Waals surface area contributed by atoms with E-state index in [1.54, 1.807) is 25.3 Å². The Balaban J connectivity index is 1.81. The van der Waals surface area contributed by atoms with Crippen molar-refractivity contribution in [2.75, 3.05) is 0 Å². The number of carbonyl (C=O) groups excluding carboxylic acids is 2. The number of hydrogen-bond donors (Lipinski definition) is 2. The highest BCUT2D eigenvalue weighted by atomic mass is 16.5. The number of esters is 1. The van der Waals surface area contributed by atoms with Gasteiger partial charge in [0.15, 0.2) is 6.10 Å². The van der Waals surface area contributed by atoms with E-state index in [1.807, 2.05) is 24.3 Å². The standard InChI is InChI=1S/C19H17NO4/c1-11-6-5-8-14(17(11)21)19(23)24-12(2)18(22)15-10-20-16-9-4-3-7-13(15)16/h3-10,12,20-21H,1-2H3/t12-/m0/s1. The summed E-state index contributed by atoms with van der Waals surface area (Å²) in [5, 5.41) is 10.7. The number of benzene rings is 2. The van der Waals surface area contributed by atoms with Crippen molar-refractivity contribution in [3.8, 4) is 5.75 Å². The third kappa shape index (κ3) is 2.76. The quantitative estimate of drug-likeness (QED) is 0.568. The van der Waals surface area contributed by atoms with Gasteiger partial charge < -0.3 is 14.8 Å². The van der Waals surface area contributed by atoms with E-state index in [0.717, 1.165) is 10.9 Å². The van der Waals surface area contributed by atoms with E-state index in [1.165, 1.54) is 13.0 Å². The van der Waals surface area contributed by atoms with Gasteiger partial charge in [-0.2, -0.15) is 0 Å². The zero-order valence-corrected chi connectivity index (χ0v) is 13.4. The molecule has 0 radical (unpaired) electrons. The Morgan fingerprint density at radius 3 is 2.62 bits per heavy atom. The molecule has 0 fully saturated rings. The first-order chi connectivity index (χ1) is 11.5. The lowest BCUT2D eigenvalue weighted by Gasteiger charge is -2.13. The minimum atomic E-state index is -0.961. The van der Waals surface area contributed by atoms with Gasteiger partial charge in [0.25, 0.3) is 0 Å². The number of ether oxygens (including phenoxy) is 1. The molecule has 24 heavy (non-hydrogen) atoms. The molecule has 0 aliphatic carbocycles. The molecule has 1 aromatic heterocycles. The van der Waals surface area contributed by atoms with Gasteiger partial charge in [0.2, 0.25) is 5.78 Å². The summed E-state index contributed by atoms with van der Waals surface area (Å²) >= 11 is 0. The highest BCUT2D eigenvalue weighted by molar-refractivity contribution is 6.10. The number of Topliss-reactive ketones (excluding diaryl/α,β-unsaturated/α-hetero) is 1. The minimum absolute atomic E-state index is 0.0496. The molecule has 0 bridgehead atoms. The summed E-state index contributed by atoms with van der Waals surface area (Å²) in [6, 6.07) is 12.2. The number of para-hydroxylation sites is 2. The number of carbonyl (C=O) groups is 2. The molecule has 1 atom stereocenters. The number of aryl methyl sites for hydroxylation is 1. The van der Waals surface area contributed by atoms with Crippen molar-refractivity contribution in [1.82, 2.24) is 4.98 Å². The molecule has 3 aromatic rings. The van der Waals surface area contributed by atoms with Gasteiger partial charge in [-0.15, -0.1) is 0 Å². The number of ketones is 1. The second kappa shape index (κ2) is 6.20. The molecule has 0 amide bonds. The first kappa shape index (κ1) is 15.8. The third-order valence-corrected chi connectivity index (χ3v) is 3.97. The molecular weight excluding hydrogens is 306 g/mol. The normalized spacial score (nSPS) is 12.1. The van der Waals surface area contributed by atoms with Gasteiger partial charge in [-0.25, -0.2) is 4.79 Å². The van der Waals surface area contributed by atoms with Crippen LogP contribution in [-0.2, 0) is 4.74 Å². The lowest BCUT2D eigenvalue weighted by molar-refractivity contribution is 0.0316. The fourth-order valence-electron chi connectivity index (χ4n) is 2.60. The van der Waals surface area contributed by atoms with E-state index < -0.39 is 12.1 Å². The highest BCUT2D eigenvalue weighted by Crippen LogP contribution is 2.24. The van der Waals surface area contributed by atoms with Crippen molar-refractivity contribution in [1.29, 1.82) is 0 Å². The van der Waals surface area contributed by atoms with Gasteiger partial charge in [-0.1, -0.05) is 30.3 Å². The maximum absolute atomic E-state index is 12.6. The van der Waals surface area contributed by atoms with Gasteiger partial charge in [-0.05, 0) is 31.5 Å². The number of phenolic OH excluding ortho intramolecular Hbond substituents is 1. The first-order valence-electron chi connectivity index (χ1n) is 7.59. The second-order valence-electron chi connectivity index (χ2n) is 5.63. The maximum atomic E-state index is 12.6. The molecule has 1 heterocycles. The van der Waals surface area contributed by atoms with Crippen molar-refractivity contribution in [2.24, 2.45) is 0 Å². The van der Waals surface area contributed by atoms with Crippen LogP contribution in [0.15, 0.2) is 48.7 Å². The van der Waals surface area contributed by atoms with Gasteiger partial charge in [0.05, 0.1) is 0 Å². The van der Waals surface area contributed by atoms with Crippen molar-refractivity contribution in [3.63, 3.8) is 0 Å². The lowest BCUT2D eigenvalue weighted by Crippen LogP contribution is -2.24. The van der Waals surface area contributed by atoms with E-state index in [2.05, 4.69) is 4.98 Å². The Morgan fingerprint density at radius 1 is 1.08 bits per heavy atom. The molecule has 0 saturated heterocycles. The Hall–Kier alpha value is -3.08. The van der Waals surface area contributed by atoms with E-state index in [4.69, 9.17) is 4.74 Å². The van der Waals surface area contributed by atoms with E-state index in [-0.39, 0.29) is 17.1 Å². The summed E-state index contributed by atoms with van der Waals surface area (Å²) in [4.78, 5) is 27.8. The Morgan fingerprint density at radius 2 is 1.83 bits per heavy atom. The molecule has 0 aliphatic heterocycles. The Kier molecular flexibility index (Phi) is 4.08. The number of fused-ring (bicyclic) bond motifs is 1. The molecule has 5 heteroatoms. The van der Waals surface area contributed by atoms with Crippen LogP contribution in [0.25, 0.3) is 10.9 Å². The number of H-pyrrole nitrogens is 1. The number of nitrogens with one attached hydrogen (secondary N) is 1. The predicted molar refractivity (Wildman–Crippen MR) is 90.4 cm³/mol. The number of phenols is 1. The topological polar surface area (TPSA) is 79.4 Å². The number of aromatic hydroxyl groups is 1. The van der Waals surface area contributed by atoms with Crippen LogP contribution in [0.2, 0.25) is 0 Å². The largest absolute Gasteiger partial charge is 0.507 e. The molecular formula is C19H17NO4. The zero-order chi connectivity index (χ0) is 17.3. The van der Waals surface area contributed by atoms with Crippen molar-refractivity contribution in [3.05, 3.63) is 65.4 Å². The molecule has 122 valence electrons. The zero-order valence-electron chi connectivity index (χ0n) is 13.4. The first-order valence-corrected chi connectivity index (χ1v) is 7.59. The van der Waals surface area contributed by atoms with Crippen LogP contribution in [0.4, 0.5) is 0 Å². The summed E-state index contributed by atoms with van der Waals surface area (Å²) in [6.45, 7) is 3.21. The fraction of sp³-hybridized carbons (Fsp3) is 0.158. The maximum Gasteiger partial charge on any atom is 0.342 e. The molecule has 3 rings (SSSR count). The smallest absolute Gasteiger partial charge is 0.342 e. The highest BCUT2D eigenvalue weighted by Gasteiger charge is 2.24. The second-order valence-corrected chi connectivity index (χ2v) is 5.63. The van der Waals surface area contributed by atoms with E-state index in [9.17, 15) is 14.7 Å².